The first kappa shape index (κ1) is 14.5. The smallest absolute Gasteiger partial charge is 0.160 e. The van der Waals surface area contributed by atoms with E-state index in [0.717, 1.165) is 21.5 Å². The molecule has 0 saturated heterocycles. The van der Waals surface area contributed by atoms with E-state index in [9.17, 15) is 5.11 Å². The van der Waals surface area contributed by atoms with Gasteiger partial charge >= 0.3 is 0 Å². The van der Waals surface area contributed by atoms with Gasteiger partial charge < -0.3 is 19.9 Å². The normalized spacial score (nSPS) is 10.2. The highest BCUT2D eigenvalue weighted by Crippen LogP contribution is 2.29. The zero-order chi connectivity index (χ0) is 14.5. The van der Waals surface area contributed by atoms with E-state index in [-0.39, 0.29) is 5.75 Å². The van der Waals surface area contributed by atoms with Crippen molar-refractivity contribution in [1.82, 2.24) is 0 Å². The number of methoxy groups -OCH3 is 2. The van der Waals surface area contributed by atoms with E-state index in [1.807, 2.05) is 24.3 Å². The van der Waals surface area contributed by atoms with Crippen LogP contribution in [0.1, 0.15) is 5.56 Å². The van der Waals surface area contributed by atoms with Gasteiger partial charge in [0.15, 0.2) is 11.5 Å². The van der Waals surface area contributed by atoms with Gasteiger partial charge in [-0.25, -0.2) is 0 Å². The highest BCUT2D eigenvalue weighted by atomic mass is 79.9. The molecule has 0 heterocycles. The van der Waals surface area contributed by atoms with Crippen LogP contribution in [0.3, 0.4) is 0 Å². The Kier molecular flexibility index (Phi) is 4.74. The van der Waals surface area contributed by atoms with Gasteiger partial charge in [-0.1, -0.05) is 6.07 Å². The molecule has 0 aliphatic carbocycles. The van der Waals surface area contributed by atoms with Gasteiger partial charge in [-0.2, -0.15) is 0 Å². The van der Waals surface area contributed by atoms with Gasteiger partial charge in [-0.05, 0) is 45.8 Å². The number of halogens is 1. The van der Waals surface area contributed by atoms with Crippen molar-refractivity contribution in [3.05, 3.63) is 46.4 Å². The predicted molar refractivity (Wildman–Crippen MR) is 82.7 cm³/mol. The van der Waals surface area contributed by atoms with Crippen LogP contribution in [-0.2, 0) is 6.54 Å². The molecule has 2 N–H and O–H groups in total. The molecule has 0 radical (unpaired) electrons. The van der Waals surface area contributed by atoms with Crippen LogP contribution in [0.25, 0.3) is 0 Å². The fourth-order valence-electron chi connectivity index (χ4n) is 1.82. The number of phenolic OH excluding ortho intramolecular Hbond substituents is 1. The van der Waals surface area contributed by atoms with E-state index in [1.54, 1.807) is 19.2 Å². The number of rotatable bonds is 5. The van der Waals surface area contributed by atoms with Gasteiger partial charge in [0.25, 0.3) is 0 Å². The molecule has 0 aliphatic rings. The van der Waals surface area contributed by atoms with Crippen molar-refractivity contribution >= 4 is 21.6 Å². The second-order valence-corrected chi connectivity index (χ2v) is 5.06. The zero-order valence-corrected chi connectivity index (χ0v) is 12.9. The first-order valence-electron chi connectivity index (χ1n) is 6.07. The van der Waals surface area contributed by atoms with Crippen LogP contribution in [0.4, 0.5) is 5.69 Å². The van der Waals surface area contributed by atoms with Crippen molar-refractivity contribution in [2.75, 3.05) is 19.5 Å². The summed E-state index contributed by atoms with van der Waals surface area (Å²) >= 11 is 3.41. The largest absolute Gasteiger partial charge is 0.504 e. The molecule has 0 atom stereocenters. The molecular formula is C15H16BrNO3. The molecule has 0 bridgehead atoms. The van der Waals surface area contributed by atoms with Gasteiger partial charge in [-0.15, -0.1) is 0 Å². The maximum absolute atomic E-state index is 9.73. The van der Waals surface area contributed by atoms with E-state index in [1.165, 1.54) is 7.11 Å². The second kappa shape index (κ2) is 6.52. The minimum absolute atomic E-state index is 0.139. The fourth-order valence-corrected chi connectivity index (χ4v) is 2.23. The summed E-state index contributed by atoms with van der Waals surface area (Å²) in [5.41, 5.74) is 1.91. The van der Waals surface area contributed by atoms with E-state index in [0.29, 0.717) is 12.3 Å². The summed E-state index contributed by atoms with van der Waals surface area (Å²) in [7, 11) is 3.16. The van der Waals surface area contributed by atoms with Crippen LogP contribution in [-0.4, -0.2) is 19.3 Å². The van der Waals surface area contributed by atoms with Crippen LogP contribution in [0.2, 0.25) is 0 Å². The van der Waals surface area contributed by atoms with E-state index in [4.69, 9.17) is 9.47 Å². The molecule has 0 fully saturated rings. The summed E-state index contributed by atoms with van der Waals surface area (Å²) in [5, 5.41) is 13.0. The third-order valence-electron chi connectivity index (χ3n) is 2.89. The highest BCUT2D eigenvalue weighted by Gasteiger charge is 2.04. The minimum atomic E-state index is 0.139. The van der Waals surface area contributed by atoms with E-state index >= 15 is 0 Å². The van der Waals surface area contributed by atoms with Crippen LogP contribution in [0.5, 0.6) is 17.2 Å². The molecule has 2 aromatic rings. The third-order valence-corrected chi connectivity index (χ3v) is 3.55. The van der Waals surface area contributed by atoms with Crippen molar-refractivity contribution in [3.8, 4) is 17.2 Å². The SMILES string of the molecule is COc1ccc(CNc2ccc(Br)c(OC)c2)cc1O. The lowest BCUT2D eigenvalue weighted by atomic mass is 10.2. The number of hydrogen-bond acceptors (Lipinski definition) is 4. The summed E-state index contributed by atoms with van der Waals surface area (Å²) in [6, 6.07) is 11.1. The zero-order valence-electron chi connectivity index (χ0n) is 11.3. The molecule has 0 unspecified atom stereocenters. The van der Waals surface area contributed by atoms with Gasteiger partial charge in [0.05, 0.1) is 18.7 Å². The highest BCUT2D eigenvalue weighted by molar-refractivity contribution is 9.10. The average molecular weight is 338 g/mol. The van der Waals surface area contributed by atoms with Crippen molar-refractivity contribution < 1.29 is 14.6 Å². The molecule has 2 aromatic carbocycles. The average Bonchev–Trinajstić information content (AvgIpc) is 2.46. The Labute approximate surface area is 126 Å². The van der Waals surface area contributed by atoms with Gasteiger partial charge in [0.1, 0.15) is 5.75 Å². The summed E-state index contributed by atoms with van der Waals surface area (Å²) in [6.45, 7) is 0.600. The second-order valence-electron chi connectivity index (χ2n) is 4.21. The van der Waals surface area contributed by atoms with Crippen molar-refractivity contribution in [2.24, 2.45) is 0 Å². The number of benzene rings is 2. The van der Waals surface area contributed by atoms with Crippen molar-refractivity contribution in [3.63, 3.8) is 0 Å². The summed E-state index contributed by atoms with van der Waals surface area (Å²) in [4.78, 5) is 0. The number of hydrogen-bond donors (Lipinski definition) is 2. The quantitative estimate of drug-likeness (QED) is 0.871. The maximum atomic E-state index is 9.73. The monoisotopic (exact) mass is 337 g/mol. The molecule has 0 aliphatic heterocycles. The van der Waals surface area contributed by atoms with Gasteiger partial charge in [0.2, 0.25) is 0 Å². The summed E-state index contributed by atoms with van der Waals surface area (Å²) in [6.07, 6.45) is 0. The third kappa shape index (κ3) is 3.36. The Bertz CT molecular complexity index is 602. The molecule has 0 spiro atoms. The van der Waals surface area contributed by atoms with Gasteiger partial charge in [-0.3, -0.25) is 0 Å². The lowest BCUT2D eigenvalue weighted by molar-refractivity contribution is 0.373. The molecule has 5 heteroatoms. The molecule has 20 heavy (non-hydrogen) atoms. The fraction of sp³-hybridized carbons (Fsp3) is 0.200. The molecule has 0 aromatic heterocycles. The molecule has 2 rings (SSSR count). The standard InChI is InChI=1S/C15H16BrNO3/c1-19-14-6-3-10(7-13(14)18)9-17-11-4-5-12(16)15(8-11)20-2/h3-8,17-18H,9H2,1-2H3. The van der Waals surface area contributed by atoms with Crippen LogP contribution in [0, 0.1) is 0 Å². The number of aromatic hydroxyl groups is 1. The number of phenols is 1. The Morgan fingerprint density at radius 3 is 2.45 bits per heavy atom. The Morgan fingerprint density at radius 2 is 1.80 bits per heavy atom. The molecular weight excluding hydrogens is 322 g/mol. The van der Waals surface area contributed by atoms with Crippen molar-refractivity contribution in [2.45, 2.75) is 6.54 Å². The molecule has 106 valence electrons. The summed E-state index contributed by atoms with van der Waals surface area (Å²) < 4.78 is 11.2. The first-order chi connectivity index (χ1) is 9.63. The molecule has 0 amide bonds. The Morgan fingerprint density at radius 1 is 1.05 bits per heavy atom. The van der Waals surface area contributed by atoms with E-state index in [2.05, 4.69) is 21.2 Å². The molecule has 0 saturated carbocycles. The maximum Gasteiger partial charge on any atom is 0.160 e. The lowest BCUT2D eigenvalue weighted by Crippen LogP contribution is -2.00. The number of ether oxygens (including phenoxy) is 2. The minimum Gasteiger partial charge on any atom is -0.504 e. The molecule has 4 nitrogen and oxygen atoms in total. The van der Waals surface area contributed by atoms with E-state index < -0.39 is 0 Å². The van der Waals surface area contributed by atoms with Gasteiger partial charge in [0, 0.05) is 18.3 Å². The Balaban J connectivity index is 2.07. The topological polar surface area (TPSA) is 50.7 Å². The van der Waals surface area contributed by atoms with Crippen molar-refractivity contribution in [1.29, 1.82) is 0 Å². The number of nitrogens with one attached hydrogen (secondary N) is 1. The van der Waals surface area contributed by atoms with Crippen LogP contribution < -0.4 is 14.8 Å². The number of anilines is 1. The predicted octanol–water partition coefficient (Wildman–Crippen LogP) is 3.78. The first-order valence-corrected chi connectivity index (χ1v) is 6.86. The van der Waals surface area contributed by atoms with Crippen LogP contribution >= 0.6 is 15.9 Å². The van der Waals surface area contributed by atoms with Crippen LogP contribution in [0.15, 0.2) is 40.9 Å². The summed E-state index contributed by atoms with van der Waals surface area (Å²) in [5.74, 6) is 1.38. The Hall–Kier alpha value is -1.88. The lowest BCUT2D eigenvalue weighted by Gasteiger charge is -2.10.